The van der Waals surface area contributed by atoms with Gasteiger partial charge in [0, 0.05) is 25.2 Å². The molecule has 0 amide bonds. The van der Waals surface area contributed by atoms with Gasteiger partial charge in [-0.05, 0) is 38.5 Å². The van der Waals surface area contributed by atoms with Gasteiger partial charge in [-0.2, -0.15) is 0 Å². The van der Waals surface area contributed by atoms with Crippen LogP contribution in [-0.2, 0) is 14.3 Å². The molecule has 1 aliphatic heterocycles. The Morgan fingerprint density at radius 1 is 1.15 bits per heavy atom. The Morgan fingerprint density at radius 3 is 2.63 bits per heavy atom. The molecule has 154 valence electrons. The van der Waals surface area contributed by atoms with Gasteiger partial charge in [-0.25, -0.2) is 0 Å². The lowest BCUT2D eigenvalue weighted by atomic mass is 9.87. The first kappa shape index (κ1) is 23.5. The van der Waals surface area contributed by atoms with Crippen LogP contribution in [0.25, 0.3) is 0 Å². The number of carbonyl (C=O) groups is 2. The molecule has 0 aliphatic carbocycles. The van der Waals surface area contributed by atoms with Gasteiger partial charge in [0.2, 0.25) is 0 Å². The maximum absolute atomic E-state index is 10.5. The summed E-state index contributed by atoms with van der Waals surface area (Å²) in [6, 6.07) is 0. The van der Waals surface area contributed by atoms with E-state index in [4.69, 9.17) is 9.84 Å². The van der Waals surface area contributed by atoms with Crippen molar-refractivity contribution in [3.8, 4) is 0 Å². The lowest BCUT2D eigenvalue weighted by Gasteiger charge is -2.36. The number of carboxylic acid groups (broad SMARTS) is 1. The monoisotopic (exact) mass is 384 g/mol. The molecule has 7 nitrogen and oxygen atoms in total. The molecule has 1 unspecified atom stereocenters. The van der Waals surface area contributed by atoms with E-state index in [0.29, 0.717) is 32.1 Å². The van der Waals surface area contributed by atoms with Crippen LogP contribution in [0, 0.1) is 5.92 Å². The number of carboxylic acids is 1. The molecule has 0 spiro atoms. The molecular weight excluding hydrogens is 352 g/mol. The van der Waals surface area contributed by atoms with Crippen molar-refractivity contribution in [2.45, 2.75) is 82.4 Å². The third-order valence-corrected chi connectivity index (χ3v) is 4.60. The van der Waals surface area contributed by atoms with Crippen molar-refractivity contribution in [3.63, 3.8) is 0 Å². The zero-order valence-electron chi connectivity index (χ0n) is 15.7. The van der Waals surface area contributed by atoms with E-state index >= 15 is 0 Å². The highest BCUT2D eigenvalue weighted by molar-refractivity contribution is 5.66. The number of aliphatic hydroxyl groups excluding tert-OH is 3. The molecule has 1 aliphatic rings. The Morgan fingerprint density at radius 2 is 1.93 bits per heavy atom. The third-order valence-electron chi connectivity index (χ3n) is 4.60. The minimum Gasteiger partial charge on any atom is -0.481 e. The van der Waals surface area contributed by atoms with Crippen molar-refractivity contribution >= 4 is 12.3 Å². The van der Waals surface area contributed by atoms with Crippen molar-refractivity contribution in [2.24, 2.45) is 5.92 Å². The molecule has 0 aromatic carbocycles. The van der Waals surface area contributed by atoms with Crippen LogP contribution in [0.4, 0.5) is 0 Å². The molecular formula is C20H32O7. The van der Waals surface area contributed by atoms with Gasteiger partial charge in [0.05, 0.1) is 18.3 Å². The molecule has 0 bridgehead atoms. The number of ether oxygens (including phenoxy) is 1. The quantitative estimate of drug-likeness (QED) is 0.217. The highest BCUT2D eigenvalue weighted by Crippen LogP contribution is 2.29. The summed E-state index contributed by atoms with van der Waals surface area (Å²) in [6.45, 7) is 0. The van der Waals surface area contributed by atoms with E-state index in [-0.39, 0.29) is 18.8 Å². The van der Waals surface area contributed by atoms with Gasteiger partial charge in [-0.15, -0.1) is 0 Å². The summed E-state index contributed by atoms with van der Waals surface area (Å²) in [5.74, 6) is -1.08. The largest absolute Gasteiger partial charge is 0.481 e. The van der Waals surface area contributed by atoms with E-state index in [1.165, 1.54) is 0 Å². The molecule has 27 heavy (non-hydrogen) atoms. The molecule has 0 radical (unpaired) electrons. The first-order valence-corrected chi connectivity index (χ1v) is 9.62. The highest BCUT2D eigenvalue weighted by atomic mass is 16.6. The van der Waals surface area contributed by atoms with Crippen molar-refractivity contribution in [1.82, 2.24) is 0 Å². The number of hydrogen-bond acceptors (Lipinski definition) is 6. The standard InChI is InChI=1S/C20H32O7/c21-13-7-3-1-2-4-9-16-17(23)14-20(26)27-18(16)12-11-15(22)8-5-6-10-19(24)25/h2,4,11-13,15-18,20,22-23,26H,1,3,5-10,14H2,(H,24,25)/b4-2-,12-11+/t15-,16-,17-,18+,20?/m0/s1. The first-order valence-electron chi connectivity index (χ1n) is 9.62. The molecule has 1 rings (SSSR count). The summed E-state index contributed by atoms with van der Waals surface area (Å²) >= 11 is 0. The second-order valence-electron chi connectivity index (χ2n) is 6.92. The van der Waals surface area contributed by atoms with Crippen LogP contribution in [0.2, 0.25) is 0 Å². The molecule has 1 fully saturated rings. The van der Waals surface area contributed by atoms with E-state index in [9.17, 15) is 24.9 Å². The number of hydrogen-bond donors (Lipinski definition) is 4. The van der Waals surface area contributed by atoms with Crippen LogP contribution in [0.3, 0.4) is 0 Å². The van der Waals surface area contributed by atoms with Gasteiger partial charge in [-0.1, -0.05) is 24.3 Å². The number of aliphatic hydroxyl groups is 3. The molecule has 0 aromatic heterocycles. The molecule has 4 N–H and O–H groups in total. The smallest absolute Gasteiger partial charge is 0.303 e. The Bertz CT molecular complexity index is 489. The summed E-state index contributed by atoms with van der Waals surface area (Å²) < 4.78 is 5.51. The molecule has 1 heterocycles. The minimum absolute atomic E-state index is 0.0851. The molecule has 0 saturated carbocycles. The predicted octanol–water partition coefficient (Wildman–Crippen LogP) is 1.95. The van der Waals surface area contributed by atoms with E-state index in [1.54, 1.807) is 12.2 Å². The Balaban J connectivity index is 2.50. The summed E-state index contributed by atoms with van der Waals surface area (Å²) in [6.07, 6.45) is 9.52. The van der Waals surface area contributed by atoms with Gasteiger partial charge in [0.25, 0.3) is 0 Å². The zero-order chi connectivity index (χ0) is 20.1. The first-order chi connectivity index (χ1) is 12.9. The van der Waals surface area contributed by atoms with Crippen molar-refractivity contribution < 1.29 is 34.8 Å². The second-order valence-corrected chi connectivity index (χ2v) is 6.92. The second kappa shape index (κ2) is 13.6. The Hall–Kier alpha value is -1.54. The average Bonchev–Trinajstić information content (AvgIpc) is 2.61. The number of aliphatic carboxylic acids is 1. The number of allylic oxidation sites excluding steroid dienone is 2. The minimum atomic E-state index is -1.05. The van der Waals surface area contributed by atoms with Gasteiger partial charge in [0.1, 0.15) is 6.29 Å². The number of carbonyl (C=O) groups excluding carboxylic acids is 1. The predicted molar refractivity (Wildman–Crippen MR) is 99.9 cm³/mol. The maximum Gasteiger partial charge on any atom is 0.303 e. The Labute approximate surface area is 160 Å². The molecule has 0 aromatic rings. The van der Waals surface area contributed by atoms with Crippen LogP contribution in [-0.4, -0.2) is 57.3 Å². The summed E-state index contributed by atoms with van der Waals surface area (Å²) in [7, 11) is 0. The summed E-state index contributed by atoms with van der Waals surface area (Å²) in [4.78, 5) is 20.8. The van der Waals surface area contributed by atoms with Crippen LogP contribution in [0.5, 0.6) is 0 Å². The average molecular weight is 384 g/mol. The van der Waals surface area contributed by atoms with E-state index in [0.717, 1.165) is 19.1 Å². The highest BCUT2D eigenvalue weighted by Gasteiger charge is 2.35. The topological polar surface area (TPSA) is 124 Å². The van der Waals surface area contributed by atoms with Gasteiger partial charge in [0.15, 0.2) is 6.29 Å². The Kier molecular flexibility index (Phi) is 11.8. The molecule has 1 saturated heterocycles. The van der Waals surface area contributed by atoms with E-state index < -0.39 is 30.6 Å². The number of rotatable bonds is 13. The molecule has 5 atom stereocenters. The number of aldehydes is 1. The van der Waals surface area contributed by atoms with Gasteiger partial charge in [-0.3, -0.25) is 4.79 Å². The van der Waals surface area contributed by atoms with Crippen LogP contribution in [0.15, 0.2) is 24.3 Å². The van der Waals surface area contributed by atoms with Gasteiger partial charge >= 0.3 is 5.97 Å². The zero-order valence-corrected chi connectivity index (χ0v) is 15.7. The van der Waals surface area contributed by atoms with Crippen molar-refractivity contribution in [2.75, 3.05) is 0 Å². The van der Waals surface area contributed by atoms with Crippen LogP contribution >= 0.6 is 0 Å². The lowest BCUT2D eigenvalue weighted by molar-refractivity contribution is -0.199. The van der Waals surface area contributed by atoms with Crippen LogP contribution < -0.4 is 0 Å². The van der Waals surface area contributed by atoms with Gasteiger partial charge < -0.3 is 30.0 Å². The maximum atomic E-state index is 10.5. The summed E-state index contributed by atoms with van der Waals surface area (Å²) in [5.41, 5.74) is 0. The van der Waals surface area contributed by atoms with Crippen LogP contribution in [0.1, 0.15) is 57.8 Å². The fourth-order valence-electron chi connectivity index (χ4n) is 3.07. The van der Waals surface area contributed by atoms with Crippen molar-refractivity contribution in [1.29, 1.82) is 0 Å². The number of unbranched alkanes of at least 4 members (excludes halogenated alkanes) is 3. The fourth-order valence-corrected chi connectivity index (χ4v) is 3.07. The normalized spacial score (nSPS) is 27.2. The van der Waals surface area contributed by atoms with E-state index in [2.05, 4.69) is 0 Å². The summed E-state index contributed by atoms with van der Waals surface area (Å²) in [5, 5.41) is 38.6. The fraction of sp³-hybridized carbons (Fsp3) is 0.700. The SMILES string of the molecule is O=CCCC/C=C\C[C@H]1[C@@H](O)CC(O)O[C@@H]1/C=C/[C@@H](O)CCCCC(=O)O. The molecule has 7 heteroatoms. The lowest BCUT2D eigenvalue weighted by Crippen LogP contribution is -2.43. The van der Waals surface area contributed by atoms with E-state index in [1.807, 2.05) is 12.2 Å². The third kappa shape index (κ3) is 10.4. The van der Waals surface area contributed by atoms with Crippen molar-refractivity contribution in [3.05, 3.63) is 24.3 Å².